The molecule has 0 fully saturated rings. The van der Waals surface area contributed by atoms with Gasteiger partial charge in [0.05, 0.1) is 11.9 Å². The topological polar surface area (TPSA) is 42.0 Å². The number of amides is 1. The van der Waals surface area contributed by atoms with E-state index in [9.17, 15) is 9.18 Å². The van der Waals surface area contributed by atoms with Crippen molar-refractivity contribution in [3.63, 3.8) is 0 Å². The lowest BCUT2D eigenvalue weighted by Gasteiger charge is -2.07. The molecule has 0 aliphatic rings. The number of carbonyl (C=O) groups is 1. The highest BCUT2D eigenvalue weighted by Crippen LogP contribution is 2.18. The summed E-state index contributed by atoms with van der Waals surface area (Å²) in [5.74, 6) is -0.695. The van der Waals surface area contributed by atoms with Crippen LogP contribution in [0, 0.1) is 5.82 Å². The second-order valence-corrected chi connectivity index (χ2v) is 5.43. The molecular formula is C17H13FN2OS. The van der Waals surface area contributed by atoms with Gasteiger partial charge in [0, 0.05) is 22.2 Å². The van der Waals surface area contributed by atoms with Crippen molar-refractivity contribution >= 4 is 35.1 Å². The molecule has 0 aliphatic carbocycles. The molecule has 110 valence electrons. The predicted molar refractivity (Wildman–Crippen MR) is 87.7 cm³/mol. The molecule has 0 radical (unpaired) electrons. The Balaban J connectivity index is 1.75. The second-order valence-electron chi connectivity index (χ2n) is 4.91. The third kappa shape index (κ3) is 3.26. The zero-order valence-corrected chi connectivity index (χ0v) is 12.5. The highest BCUT2D eigenvalue weighted by Gasteiger charge is 2.09. The molecule has 1 aromatic heterocycles. The molecular weight excluding hydrogens is 299 g/mol. The lowest BCUT2D eigenvalue weighted by molar-refractivity contribution is -0.115. The Morgan fingerprint density at radius 1 is 1.18 bits per heavy atom. The molecule has 1 N–H and O–H groups in total. The number of carbonyl (C=O) groups excluding carboxylic acids is 1. The van der Waals surface area contributed by atoms with Crippen LogP contribution < -0.4 is 5.32 Å². The van der Waals surface area contributed by atoms with Crippen LogP contribution in [0.25, 0.3) is 10.9 Å². The van der Waals surface area contributed by atoms with Gasteiger partial charge in [0.15, 0.2) is 0 Å². The van der Waals surface area contributed by atoms with E-state index < -0.39 is 5.82 Å². The molecule has 0 spiro atoms. The molecule has 0 aliphatic heterocycles. The minimum Gasteiger partial charge on any atom is -0.326 e. The third-order valence-electron chi connectivity index (χ3n) is 3.27. The van der Waals surface area contributed by atoms with Crippen LogP contribution in [0.3, 0.4) is 0 Å². The maximum atomic E-state index is 13.7. The van der Waals surface area contributed by atoms with Crippen molar-refractivity contribution in [1.82, 2.24) is 4.98 Å². The Morgan fingerprint density at radius 2 is 2.05 bits per heavy atom. The van der Waals surface area contributed by atoms with Crippen LogP contribution in [0.5, 0.6) is 0 Å². The number of benzene rings is 2. The van der Waals surface area contributed by atoms with Gasteiger partial charge in [-0.05, 0) is 42.0 Å². The van der Waals surface area contributed by atoms with Crippen molar-refractivity contribution in [2.45, 2.75) is 11.3 Å². The number of thiol groups is 1. The minimum absolute atomic E-state index is 0.0228. The number of fused-ring (bicyclic) bond motifs is 1. The highest BCUT2D eigenvalue weighted by molar-refractivity contribution is 7.80. The van der Waals surface area contributed by atoms with Gasteiger partial charge in [-0.15, -0.1) is 12.6 Å². The van der Waals surface area contributed by atoms with E-state index in [0.717, 1.165) is 10.9 Å². The number of nitrogens with zero attached hydrogens (tertiary/aromatic N) is 1. The summed E-state index contributed by atoms with van der Waals surface area (Å²) in [5.41, 5.74) is 1.87. The molecule has 3 aromatic rings. The molecule has 3 rings (SSSR count). The molecule has 5 heteroatoms. The fourth-order valence-corrected chi connectivity index (χ4v) is 2.40. The number of anilines is 1. The molecule has 2 aromatic carbocycles. The second kappa shape index (κ2) is 6.15. The number of halogens is 1. The van der Waals surface area contributed by atoms with Crippen LogP contribution in [-0.2, 0) is 11.2 Å². The smallest absolute Gasteiger partial charge is 0.228 e. The zero-order chi connectivity index (χ0) is 15.5. The Labute approximate surface area is 132 Å². The summed E-state index contributed by atoms with van der Waals surface area (Å²) in [6.07, 6.45) is 1.69. The average molecular weight is 312 g/mol. The first-order chi connectivity index (χ1) is 10.6. The molecule has 0 saturated carbocycles. The first-order valence-electron chi connectivity index (χ1n) is 6.74. The van der Waals surface area contributed by atoms with E-state index >= 15 is 0 Å². The van der Waals surface area contributed by atoms with E-state index in [2.05, 4.69) is 22.9 Å². The Morgan fingerprint density at radius 3 is 2.86 bits per heavy atom. The average Bonchev–Trinajstić information content (AvgIpc) is 2.50. The molecule has 0 atom stereocenters. The van der Waals surface area contributed by atoms with Gasteiger partial charge in [-0.1, -0.05) is 12.1 Å². The van der Waals surface area contributed by atoms with Crippen molar-refractivity contribution < 1.29 is 9.18 Å². The number of nitrogens with one attached hydrogen (secondary N) is 1. The minimum atomic E-state index is -0.426. The fraction of sp³-hybridized carbons (Fsp3) is 0.0588. The lowest BCUT2D eigenvalue weighted by atomic mass is 10.1. The zero-order valence-electron chi connectivity index (χ0n) is 11.6. The van der Waals surface area contributed by atoms with E-state index in [1.807, 2.05) is 24.3 Å². The molecule has 0 unspecified atom stereocenters. The number of hydrogen-bond donors (Lipinski definition) is 2. The van der Waals surface area contributed by atoms with Gasteiger partial charge in [-0.25, -0.2) is 4.39 Å². The number of hydrogen-bond acceptors (Lipinski definition) is 3. The summed E-state index contributed by atoms with van der Waals surface area (Å²) in [4.78, 5) is 16.8. The van der Waals surface area contributed by atoms with Crippen LogP contribution in [0.2, 0.25) is 0 Å². The summed E-state index contributed by atoms with van der Waals surface area (Å²) in [5, 5.41) is 3.71. The third-order valence-corrected chi connectivity index (χ3v) is 3.55. The van der Waals surface area contributed by atoms with Gasteiger partial charge >= 0.3 is 0 Å². The van der Waals surface area contributed by atoms with E-state index in [-0.39, 0.29) is 12.3 Å². The molecule has 22 heavy (non-hydrogen) atoms. The van der Waals surface area contributed by atoms with Crippen molar-refractivity contribution in [3.05, 3.63) is 66.1 Å². The van der Waals surface area contributed by atoms with Gasteiger partial charge < -0.3 is 5.32 Å². The van der Waals surface area contributed by atoms with E-state index in [1.54, 1.807) is 24.4 Å². The number of aromatic nitrogens is 1. The van der Waals surface area contributed by atoms with Crippen LogP contribution in [0.4, 0.5) is 10.1 Å². The fourth-order valence-electron chi connectivity index (χ4n) is 2.21. The SMILES string of the molecule is O=C(Cc1ccc(S)cc1F)Nc1ccc2ncccc2c1. The molecule has 0 bridgehead atoms. The highest BCUT2D eigenvalue weighted by atomic mass is 32.1. The summed E-state index contributed by atoms with van der Waals surface area (Å²) in [7, 11) is 0. The Bertz CT molecular complexity index is 851. The van der Waals surface area contributed by atoms with Crippen molar-refractivity contribution in [3.8, 4) is 0 Å². The normalized spacial score (nSPS) is 10.6. The van der Waals surface area contributed by atoms with Crippen LogP contribution >= 0.6 is 12.6 Å². The van der Waals surface area contributed by atoms with Crippen LogP contribution in [-0.4, -0.2) is 10.9 Å². The van der Waals surface area contributed by atoms with Crippen molar-refractivity contribution in [1.29, 1.82) is 0 Å². The largest absolute Gasteiger partial charge is 0.326 e. The van der Waals surface area contributed by atoms with E-state index in [4.69, 9.17) is 0 Å². The van der Waals surface area contributed by atoms with Crippen LogP contribution in [0.15, 0.2) is 59.6 Å². The first kappa shape index (κ1) is 14.5. The predicted octanol–water partition coefficient (Wildman–Crippen LogP) is 3.84. The molecule has 0 saturated heterocycles. The number of pyridine rings is 1. The number of rotatable bonds is 3. The molecule has 1 heterocycles. The summed E-state index contributed by atoms with van der Waals surface area (Å²) in [6, 6.07) is 13.7. The molecule has 3 nitrogen and oxygen atoms in total. The summed E-state index contributed by atoms with van der Waals surface area (Å²) >= 11 is 4.06. The van der Waals surface area contributed by atoms with Gasteiger partial charge in [0.1, 0.15) is 5.82 Å². The van der Waals surface area contributed by atoms with Gasteiger partial charge in [-0.2, -0.15) is 0 Å². The van der Waals surface area contributed by atoms with Crippen molar-refractivity contribution in [2.24, 2.45) is 0 Å². The van der Waals surface area contributed by atoms with E-state index in [1.165, 1.54) is 6.07 Å². The Hall–Kier alpha value is -2.40. The van der Waals surface area contributed by atoms with Gasteiger partial charge in [0.2, 0.25) is 5.91 Å². The maximum Gasteiger partial charge on any atom is 0.228 e. The maximum absolute atomic E-state index is 13.7. The van der Waals surface area contributed by atoms with Crippen LogP contribution in [0.1, 0.15) is 5.56 Å². The van der Waals surface area contributed by atoms with Crippen molar-refractivity contribution in [2.75, 3.05) is 5.32 Å². The Kier molecular flexibility index (Phi) is 4.06. The monoisotopic (exact) mass is 312 g/mol. The first-order valence-corrected chi connectivity index (χ1v) is 7.18. The van der Waals surface area contributed by atoms with E-state index in [0.29, 0.717) is 16.1 Å². The quantitative estimate of drug-likeness (QED) is 0.722. The summed E-state index contributed by atoms with van der Waals surface area (Å²) in [6.45, 7) is 0. The summed E-state index contributed by atoms with van der Waals surface area (Å²) < 4.78 is 13.7. The standard InChI is InChI=1S/C17H13FN2OS/c18-15-10-14(22)5-3-11(15)9-17(21)20-13-4-6-16-12(8-13)2-1-7-19-16/h1-8,10,22H,9H2,(H,20,21). The van der Waals surface area contributed by atoms with Gasteiger partial charge in [-0.3, -0.25) is 9.78 Å². The molecule has 1 amide bonds. The van der Waals surface area contributed by atoms with Gasteiger partial charge in [0.25, 0.3) is 0 Å². The lowest BCUT2D eigenvalue weighted by Crippen LogP contribution is -2.15.